The Balaban J connectivity index is 1.80. The van der Waals surface area contributed by atoms with Gasteiger partial charge in [0.05, 0.1) is 18.4 Å². The lowest BCUT2D eigenvalue weighted by molar-refractivity contribution is -0.117. The predicted octanol–water partition coefficient (Wildman–Crippen LogP) is -0.346. The molecule has 0 bridgehead atoms. The van der Waals surface area contributed by atoms with Crippen molar-refractivity contribution in [3.8, 4) is 0 Å². The fraction of sp³-hybridized carbons (Fsp3) is 0.636. The SMILES string of the molecule is Cn1cc(NC(=O)CN2CCCNCC2)cn1. The standard InChI is InChI=1S/C11H19N5O/c1-15-8-10(7-13-15)14-11(17)9-16-5-2-3-12-4-6-16/h7-8,12H,2-6,9H2,1H3,(H,14,17). The molecule has 1 aromatic heterocycles. The molecular weight excluding hydrogens is 218 g/mol. The molecule has 1 fully saturated rings. The van der Waals surface area contributed by atoms with Gasteiger partial charge in [-0.05, 0) is 19.5 Å². The molecule has 0 saturated carbocycles. The Labute approximate surface area is 101 Å². The molecule has 1 amide bonds. The summed E-state index contributed by atoms with van der Waals surface area (Å²) in [7, 11) is 1.83. The third-order valence-corrected chi connectivity index (χ3v) is 2.79. The van der Waals surface area contributed by atoms with E-state index in [9.17, 15) is 4.79 Å². The van der Waals surface area contributed by atoms with Gasteiger partial charge in [-0.3, -0.25) is 14.4 Å². The van der Waals surface area contributed by atoms with E-state index in [0.29, 0.717) is 6.54 Å². The monoisotopic (exact) mass is 237 g/mol. The maximum atomic E-state index is 11.8. The first kappa shape index (κ1) is 12.1. The van der Waals surface area contributed by atoms with Gasteiger partial charge in [0.25, 0.3) is 0 Å². The van der Waals surface area contributed by atoms with Crippen LogP contribution >= 0.6 is 0 Å². The van der Waals surface area contributed by atoms with Gasteiger partial charge < -0.3 is 10.6 Å². The molecule has 0 spiro atoms. The molecule has 0 aliphatic carbocycles. The van der Waals surface area contributed by atoms with Crippen LogP contribution in [0.25, 0.3) is 0 Å². The Morgan fingerprint density at radius 2 is 2.41 bits per heavy atom. The van der Waals surface area contributed by atoms with Crippen LogP contribution in [-0.4, -0.2) is 53.3 Å². The van der Waals surface area contributed by atoms with Crippen molar-refractivity contribution in [2.24, 2.45) is 7.05 Å². The summed E-state index contributed by atoms with van der Waals surface area (Å²) in [5, 5.41) is 10.2. The van der Waals surface area contributed by atoms with E-state index >= 15 is 0 Å². The van der Waals surface area contributed by atoms with E-state index in [0.717, 1.165) is 38.3 Å². The topological polar surface area (TPSA) is 62.2 Å². The summed E-state index contributed by atoms with van der Waals surface area (Å²) in [6.07, 6.45) is 4.55. The highest BCUT2D eigenvalue weighted by atomic mass is 16.2. The number of rotatable bonds is 3. The molecule has 1 aliphatic heterocycles. The second-order valence-electron chi connectivity index (χ2n) is 4.33. The van der Waals surface area contributed by atoms with Crippen molar-refractivity contribution in [2.45, 2.75) is 6.42 Å². The molecular formula is C11H19N5O. The van der Waals surface area contributed by atoms with E-state index in [1.807, 2.05) is 7.05 Å². The third kappa shape index (κ3) is 3.83. The molecule has 0 aromatic carbocycles. The summed E-state index contributed by atoms with van der Waals surface area (Å²) < 4.78 is 1.67. The van der Waals surface area contributed by atoms with Crippen molar-refractivity contribution >= 4 is 11.6 Å². The van der Waals surface area contributed by atoms with Gasteiger partial charge >= 0.3 is 0 Å². The van der Waals surface area contributed by atoms with Gasteiger partial charge in [-0.2, -0.15) is 5.10 Å². The van der Waals surface area contributed by atoms with Crippen LogP contribution in [0.4, 0.5) is 5.69 Å². The first-order chi connectivity index (χ1) is 8.24. The summed E-state index contributed by atoms with van der Waals surface area (Å²) in [6, 6.07) is 0. The molecule has 1 aromatic rings. The molecule has 2 heterocycles. The molecule has 6 heteroatoms. The van der Waals surface area contributed by atoms with Gasteiger partial charge in [0.2, 0.25) is 5.91 Å². The number of carbonyl (C=O) groups is 1. The van der Waals surface area contributed by atoms with Crippen LogP contribution in [-0.2, 0) is 11.8 Å². The third-order valence-electron chi connectivity index (χ3n) is 2.79. The summed E-state index contributed by atoms with van der Waals surface area (Å²) in [5.41, 5.74) is 0.755. The Kier molecular flexibility index (Phi) is 4.11. The summed E-state index contributed by atoms with van der Waals surface area (Å²) in [6.45, 7) is 4.37. The second-order valence-corrected chi connectivity index (χ2v) is 4.33. The molecule has 2 N–H and O–H groups in total. The first-order valence-electron chi connectivity index (χ1n) is 5.95. The Morgan fingerprint density at radius 1 is 1.53 bits per heavy atom. The van der Waals surface area contributed by atoms with Gasteiger partial charge in [0.15, 0.2) is 0 Å². The Morgan fingerprint density at radius 3 is 3.18 bits per heavy atom. The van der Waals surface area contributed by atoms with Crippen LogP contribution in [0.5, 0.6) is 0 Å². The summed E-state index contributed by atoms with van der Waals surface area (Å²) in [5.74, 6) is 0.0277. The molecule has 1 saturated heterocycles. The molecule has 0 unspecified atom stereocenters. The largest absolute Gasteiger partial charge is 0.322 e. The first-order valence-corrected chi connectivity index (χ1v) is 5.95. The highest BCUT2D eigenvalue weighted by molar-refractivity contribution is 5.91. The predicted molar refractivity (Wildman–Crippen MR) is 65.8 cm³/mol. The average Bonchev–Trinajstić information content (AvgIpc) is 2.53. The average molecular weight is 237 g/mol. The number of nitrogens with one attached hydrogen (secondary N) is 2. The van der Waals surface area contributed by atoms with Crippen molar-refractivity contribution in [1.29, 1.82) is 0 Å². The maximum absolute atomic E-state index is 11.8. The lowest BCUT2D eigenvalue weighted by atomic mass is 10.4. The van der Waals surface area contributed by atoms with Gasteiger partial charge in [0, 0.05) is 26.3 Å². The Bertz CT molecular complexity index is 368. The van der Waals surface area contributed by atoms with E-state index in [1.54, 1.807) is 17.1 Å². The van der Waals surface area contributed by atoms with E-state index in [4.69, 9.17) is 0 Å². The lowest BCUT2D eigenvalue weighted by Gasteiger charge is -2.18. The zero-order valence-electron chi connectivity index (χ0n) is 10.1. The second kappa shape index (κ2) is 5.79. The van der Waals surface area contributed by atoms with Crippen molar-refractivity contribution in [3.63, 3.8) is 0 Å². The molecule has 0 atom stereocenters. The van der Waals surface area contributed by atoms with Crippen LogP contribution in [0.1, 0.15) is 6.42 Å². The van der Waals surface area contributed by atoms with Crippen molar-refractivity contribution in [3.05, 3.63) is 12.4 Å². The quantitative estimate of drug-likeness (QED) is 0.754. The summed E-state index contributed by atoms with van der Waals surface area (Å²) >= 11 is 0. The molecule has 6 nitrogen and oxygen atoms in total. The molecule has 0 radical (unpaired) electrons. The number of aromatic nitrogens is 2. The van der Waals surface area contributed by atoms with Crippen LogP contribution in [0.15, 0.2) is 12.4 Å². The van der Waals surface area contributed by atoms with Crippen LogP contribution in [0.3, 0.4) is 0 Å². The minimum absolute atomic E-state index is 0.0277. The number of amides is 1. The van der Waals surface area contributed by atoms with Gasteiger partial charge in [-0.15, -0.1) is 0 Å². The number of hydrogen-bond acceptors (Lipinski definition) is 4. The minimum Gasteiger partial charge on any atom is -0.322 e. The number of hydrogen-bond donors (Lipinski definition) is 2. The van der Waals surface area contributed by atoms with Gasteiger partial charge in [-0.1, -0.05) is 0 Å². The molecule has 94 valence electrons. The highest BCUT2D eigenvalue weighted by Gasteiger charge is 2.12. The summed E-state index contributed by atoms with van der Waals surface area (Å²) in [4.78, 5) is 14.0. The van der Waals surface area contributed by atoms with Crippen molar-refractivity contribution in [2.75, 3.05) is 38.0 Å². The maximum Gasteiger partial charge on any atom is 0.238 e. The highest BCUT2D eigenvalue weighted by Crippen LogP contribution is 2.03. The normalized spacial score (nSPS) is 17.7. The fourth-order valence-electron chi connectivity index (χ4n) is 1.95. The Hall–Kier alpha value is -1.40. The van der Waals surface area contributed by atoms with E-state index in [1.165, 1.54) is 0 Å². The molecule has 2 rings (SSSR count). The van der Waals surface area contributed by atoms with Crippen LogP contribution in [0, 0.1) is 0 Å². The van der Waals surface area contributed by atoms with Crippen molar-refractivity contribution < 1.29 is 4.79 Å². The van der Waals surface area contributed by atoms with Gasteiger partial charge in [0.1, 0.15) is 0 Å². The van der Waals surface area contributed by atoms with Crippen LogP contribution in [0.2, 0.25) is 0 Å². The van der Waals surface area contributed by atoms with E-state index in [2.05, 4.69) is 20.6 Å². The number of aryl methyl sites for hydroxylation is 1. The van der Waals surface area contributed by atoms with Crippen LogP contribution < -0.4 is 10.6 Å². The zero-order chi connectivity index (χ0) is 12.1. The smallest absolute Gasteiger partial charge is 0.238 e. The number of carbonyl (C=O) groups excluding carboxylic acids is 1. The fourth-order valence-corrected chi connectivity index (χ4v) is 1.95. The molecule has 17 heavy (non-hydrogen) atoms. The van der Waals surface area contributed by atoms with Crippen molar-refractivity contribution in [1.82, 2.24) is 20.0 Å². The number of anilines is 1. The van der Waals surface area contributed by atoms with E-state index in [-0.39, 0.29) is 5.91 Å². The van der Waals surface area contributed by atoms with Gasteiger partial charge in [-0.25, -0.2) is 0 Å². The lowest BCUT2D eigenvalue weighted by Crippen LogP contribution is -2.35. The minimum atomic E-state index is 0.0277. The zero-order valence-corrected chi connectivity index (χ0v) is 10.1. The van der Waals surface area contributed by atoms with E-state index < -0.39 is 0 Å². The number of nitrogens with zero attached hydrogens (tertiary/aromatic N) is 3. The molecule has 1 aliphatic rings.